The van der Waals surface area contributed by atoms with E-state index in [9.17, 15) is 12.8 Å². The number of benzene rings is 2. The number of sulfone groups is 1. The van der Waals surface area contributed by atoms with Crippen LogP contribution in [0.4, 0.5) is 4.39 Å². The lowest BCUT2D eigenvalue weighted by Crippen LogP contribution is -2.48. The first-order valence-corrected chi connectivity index (χ1v) is 11.8. The topological polar surface area (TPSA) is 70.6 Å². The lowest BCUT2D eigenvalue weighted by molar-refractivity contribution is 0.244. The first kappa shape index (κ1) is 24.6. The third-order valence-electron chi connectivity index (χ3n) is 5.55. The lowest BCUT2D eigenvalue weighted by Gasteiger charge is -2.43. The van der Waals surface area contributed by atoms with Crippen LogP contribution in [0.25, 0.3) is 0 Å². The fourth-order valence-electron chi connectivity index (χ4n) is 3.80. The monoisotopic (exact) mass is 545 g/mol. The van der Waals surface area contributed by atoms with Crippen LogP contribution in [0, 0.1) is 5.82 Å². The first-order chi connectivity index (χ1) is 13.8. The molecular formula is C22H29FIN3O2S. The molecule has 0 saturated heterocycles. The van der Waals surface area contributed by atoms with E-state index >= 15 is 0 Å². The Morgan fingerprint density at radius 1 is 1.10 bits per heavy atom. The Bertz CT molecular complexity index is 977. The second-order valence-electron chi connectivity index (χ2n) is 7.76. The average Bonchev–Trinajstić information content (AvgIpc) is 2.65. The molecular weight excluding hydrogens is 516 g/mol. The minimum absolute atomic E-state index is 0. The Morgan fingerprint density at radius 2 is 1.80 bits per heavy atom. The predicted octanol–water partition coefficient (Wildman–Crippen LogP) is 3.78. The van der Waals surface area contributed by atoms with E-state index in [1.807, 2.05) is 6.07 Å². The van der Waals surface area contributed by atoms with E-state index in [1.165, 1.54) is 36.4 Å². The smallest absolute Gasteiger partial charge is 0.191 e. The molecule has 0 aliphatic heterocycles. The Labute approximate surface area is 195 Å². The summed E-state index contributed by atoms with van der Waals surface area (Å²) in [6, 6.07) is 14.7. The van der Waals surface area contributed by atoms with Gasteiger partial charge < -0.3 is 10.6 Å². The van der Waals surface area contributed by atoms with Gasteiger partial charge in [-0.2, -0.15) is 0 Å². The maximum atomic E-state index is 13.7. The highest BCUT2D eigenvalue weighted by Crippen LogP contribution is 2.43. The van der Waals surface area contributed by atoms with Crippen LogP contribution >= 0.6 is 24.0 Å². The fraction of sp³-hybridized carbons (Fsp3) is 0.409. The fourth-order valence-corrected chi connectivity index (χ4v) is 4.64. The minimum Gasteiger partial charge on any atom is -0.356 e. The minimum atomic E-state index is -3.21. The number of hydrogen-bond donors (Lipinski definition) is 2. The molecule has 0 amide bonds. The number of rotatable bonds is 7. The van der Waals surface area contributed by atoms with Crippen LogP contribution in [-0.2, 0) is 27.5 Å². The first-order valence-electron chi connectivity index (χ1n) is 9.76. The molecule has 1 aliphatic carbocycles. The third-order valence-corrected chi connectivity index (χ3v) is 6.38. The summed E-state index contributed by atoms with van der Waals surface area (Å²) >= 11 is 0. The van der Waals surface area contributed by atoms with Crippen molar-refractivity contribution in [3.05, 3.63) is 71.0 Å². The summed E-state index contributed by atoms with van der Waals surface area (Å²) in [7, 11) is -1.52. The lowest BCUT2D eigenvalue weighted by atomic mass is 9.64. The maximum Gasteiger partial charge on any atom is 0.191 e. The highest BCUT2D eigenvalue weighted by atomic mass is 127. The molecule has 0 radical (unpaired) electrons. The maximum absolute atomic E-state index is 13.7. The third kappa shape index (κ3) is 6.41. The zero-order valence-electron chi connectivity index (χ0n) is 17.3. The molecule has 5 nitrogen and oxygen atoms in total. The summed E-state index contributed by atoms with van der Waals surface area (Å²) in [6.45, 7) is 1.05. The van der Waals surface area contributed by atoms with Crippen molar-refractivity contribution in [2.75, 3.05) is 19.8 Å². The number of guanidine groups is 1. The van der Waals surface area contributed by atoms with Gasteiger partial charge in [0, 0.05) is 31.8 Å². The second kappa shape index (κ2) is 10.6. The molecule has 30 heavy (non-hydrogen) atoms. The Kier molecular flexibility index (Phi) is 8.66. The van der Waals surface area contributed by atoms with Crippen LogP contribution in [0.3, 0.4) is 0 Å². The quantitative estimate of drug-likeness (QED) is 0.316. The van der Waals surface area contributed by atoms with Gasteiger partial charge in [0.25, 0.3) is 0 Å². The van der Waals surface area contributed by atoms with Crippen LogP contribution in [0.15, 0.2) is 53.5 Å². The number of nitrogens with zero attached hydrogens (tertiary/aromatic N) is 1. The van der Waals surface area contributed by atoms with E-state index in [1.54, 1.807) is 7.05 Å². The molecule has 3 rings (SSSR count). The van der Waals surface area contributed by atoms with Crippen LogP contribution in [0.1, 0.15) is 36.0 Å². The van der Waals surface area contributed by atoms with Crippen LogP contribution < -0.4 is 10.6 Å². The summed E-state index contributed by atoms with van der Waals surface area (Å²) < 4.78 is 37.0. The van der Waals surface area contributed by atoms with E-state index in [2.05, 4.69) is 39.9 Å². The molecule has 0 atom stereocenters. The van der Waals surface area contributed by atoms with Crippen LogP contribution in [-0.4, -0.2) is 34.2 Å². The van der Waals surface area contributed by atoms with Gasteiger partial charge in [0.05, 0.1) is 5.75 Å². The molecule has 1 fully saturated rings. The van der Waals surface area contributed by atoms with Gasteiger partial charge >= 0.3 is 0 Å². The molecule has 0 unspecified atom stereocenters. The van der Waals surface area contributed by atoms with Crippen molar-refractivity contribution in [2.24, 2.45) is 4.99 Å². The van der Waals surface area contributed by atoms with Crippen molar-refractivity contribution in [2.45, 2.75) is 37.0 Å². The molecule has 1 saturated carbocycles. The normalized spacial score (nSPS) is 15.6. The Hall–Kier alpha value is -1.68. The second-order valence-corrected chi connectivity index (χ2v) is 9.90. The summed E-state index contributed by atoms with van der Waals surface area (Å²) in [4.78, 5) is 4.27. The Morgan fingerprint density at radius 3 is 2.37 bits per heavy atom. The molecule has 8 heteroatoms. The van der Waals surface area contributed by atoms with E-state index < -0.39 is 9.84 Å². The van der Waals surface area contributed by atoms with E-state index in [-0.39, 0.29) is 41.0 Å². The number of aliphatic imine (C=N–C) groups is 1. The van der Waals surface area contributed by atoms with E-state index in [0.29, 0.717) is 23.6 Å². The van der Waals surface area contributed by atoms with Gasteiger partial charge in [-0.05, 0) is 41.7 Å². The highest BCUT2D eigenvalue weighted by molar-refractivity contribution is 14.0. The molecule has 0 bridgehead atoms. The largest absolute Gasteiger partial charge is 0.356 e. The van der Waals surface area contributed by atoms with Crippen molar-refractivity contribution in [3.8, 4) is 0 Å². The van der Waals surface area contributed by atoms with Crippen molar-refractivity contribution in [3.63, 3.8) is 0 Å². The molecule has 0 spiro atoms. The number of hydrogen-bond acceptors (Lipinski definition) is 3. The molecule has 164 valence electrons. The molecule has 2 aromatic carbocycles. The van der Waals surface area contributed by atoms with Crippen molar-refractivity contribution in [1.29, 1.82) is 0 Å². The van der Waals surface area contributed by atoms with Gasteiger partial charge in [-0.25, -0.2) is 12.8 Å². The van der Waals surface area contributed by atoms with E-state index in [0.717, 1.165) is 19.4 Å². The van der Waals surface area contributed by atoms with Crippen molar-refractivity contribution < 1.29 is 12.8 Å². The SMILES string of the molecule is CN=C(NCc1cc(F)ccc1CS(C)(=O)=O)NCC1(c2ccccc2)CCC1.I. The molecule has 2 N–H and O–H groups in total. The molecule has 0 heterocycles. The van der Waals surface area contributed by atoms with Crippen molar-refractivity contribution >= 4 is 39.8 Å². The van der Waals surface area contributed by atoms with Crippen LogP contribution in [0.2, 0.25) is 0 Å². The molecule has 0 aromatic heterocycles. The number of halogens is 2. The Balaban J connectivity index is 0.00000320. The van der Waals surface area contributed by atoms with Gasteiger partial charge in [-0.1, -0.05) is 42.8 Å². The summed E-state index contributed by atoms with van der Waals surface area (Å²) in [5.74, 6) is 0.106. The summed E-state index contributed by atoms with van der Waals surface area (Å²) in [5.41, 5.74) is 2.64. The summed E-state index contributed by atoms with van der Waals surface area (Å²) in [6.07, 6.45) is 4.64. The van der Waals surface area contributed by atoms with Gasteiger partial charge in [-0.3, -0.25) is 4.99 Å². The highest BCUT2D eigenvalue weighted by Gasteiger charge is 2.38. The zero-order valence-corrected chi connectivity index (χ0v) is 20.5. The molecule has 1 aliphatic rings. The summed E-state index contributed by atoms with van der Waals surface area (Å²) in [5, 5.41) is 6.58. The van der Waals surface area contributed by atoms with E-state index in [4.69, 9.17) is 0 Å². The molecule has 2 aromatic rings. The zero-order chi connectivity index (χ0) is 20.9. The van der Waals surface area contributed by atoms with Crippen molar-refractivity contribution in [1.82, 2.24) is 10.6 Å². The standard InChI is InChI=1S/C22H28FN3O2S.HI/c1-24-21(26-16-22(11-6-12-22)19-7-4-3-5-8-19)25-14-18-13-20(23)10-9-17(18)15-29(2,27)28;/h3-5,7-10,13H,6,11-12,14-16H2,1-2H3,(H2,24,25,26);1H. The van der Waals surface area contributed by atoms with Gasteiger partial charge in [-0.15, -0.1) is 24.0 Å². The van der Waals surface area contributed by atoms with Crippen LogP contribution in [0.5, 0.6) is 0 Å². The average molecular weight is 545 g/mol. The van der Waals surface area contributed by atoms with Gasteiger partial charge in [0.1, 0.15) is 5.82 Å². The van der Waals surface area contributed by atoms with Gasteiger partial charge in [0.2, 0.25) is 0 Å². The predicted molar refractivity (Wildman–Crippen MR) is 131 cm³/mol. The number of nitrogens with one attached hydrogen (secondary N) is 2. The van der Waals surface area contributed by atoms with Gasteiger partial charge in [0.15, 0.2) is 15.8 Å².